The predicted octanol–water partition coefficient (Wildman–Crippen LogP) is 0.935. The van der Waals surface area contributed by atoms with Gasteiger partial charge < -0.3 is 15.4 Å². The number of hydrogen-bond acceptors (Lipinski definition) is 4. The fourth-order valence-electron chi connectivity index (χ4n) is 2.17. The van der Waals surface area contributed by atoms with Crippen LogP contribution in [0.15, 0.2) is 18.2 Å². The average Bonchev–Trinajstić information content (AvgIpc) is 2.98. The van der Waals surface area contributed by atoms with Crippen LogP contribution in [-0.4, -0.2) is 25.6 Å². The molecule has 100 valence electrons. The quantitative estimate of drug-likeness (QED) is 0.843. The third-order valence-electron chi connectivity index (χ3n) is 3.25. The van der Waals surface area contributed by atoms with Crippen LogP contribution in [0.5, 0.6) is 5.75 Å². The van der Waals surface area contributed by atoms with Gasteiger partial charge in [0, 0.05) is 12.1 Å². The van der Waals surface area contributed by atoms with Gasteiger partial charge in [0.25, 0.3) is 0 Å². The number of nitrogens with one attached hydrogen (secondary N) is 2. The molecule has 1 fully saturated rings. The minimum Gasteiger partial charge on any atom is -0.496 e. The molecule has 0 aliphatic carbocycles. The van der Waals surface area contributed by atoms with Gasteiger partial charge in [-0.05, 0) is 31.5 Å². The maximum atomic E-state index is 11.9. The van der Waals surface area contributed by atoms with E-state index in [1.165, 1.54) is 0 Å². The minimum absolute atomic E-state index is 0.0175. The summed E-state index contributed by atoms with van der Waals surface area (Å²) in [5.74, 6) is 0.641. The van der Waals surface area contributed by atoms with Gasteiger partial charge in [-0.3, -0.25) is 4.79 Å². The maximum Gasteiger partial charge on any atom is 0.237 e. The number of nitrogens with zero attached hydrogens (tertiary/aromatic N) is 1. The van der Waals surface area contributed by atoms with E-state index < -0.39 is 0 Å². The molecular weight excluding hydrogens is 242 g/mol. The summed E-state index contributed by atoms with van der Waals surface area (Å²) in [5, 5.41) is 14.9. The van der Waals surface area contributed by atoms with Gasteiger partial charge in [-0.25, -0.2) is 0 Å². The number of nitriles is 1. The zero-order chi connectivity index (χ0) is 13.7. The number of carbonyl (C=O) groups is 1. The highest BCUT2D eigenvalue weighted by Crippen LogP contribution is 2.19. The minimum atomic E-state index is -0.0793. The normalized spacial score (nSPS) is 17.8. The van der Waals surface area contributed by atoms with Gasteiger partial charge in [0.05, 0.1) is 24.8 Å². The van der Waals surface area contributed by atoms with Crippen molar-refractivity contribution in [3.05, 3.63) is 29.3 Å². The molecule has 1 aliphatic heterocycles. The summed E-state index contributed by atoms with van der Waals surface area (Å²) >= 11 is 0. The highest BCUT2D eigenvalue weighted by atomic mass is 16.5. The molecule has 2 rings (SSSR count). The summed E-state index contributed by atoms with van der Waals surface area (Å²) in [5.41, 5.74) is 1.41. The largest absolute Gasteiger partial charge is 0.496 e. The van der Waals surface area contributed by atoms with E-state index in [0.717, 1.165) is 24.9 Å². The summed E-state index contributed by atoms with van der Waals surface area (Å²) in [7, 11) is 1.56. The van der Waals surface area contributed by atoms with Crippen molar-refractivity contribution in [3.63, 3.8) is 0 Å². The predicted molar refractivity (Wildman–Crippen MR) is 70.6 cm³/mol. The van der Waals surface area contributed by atoms with E-state index in [0.29, 0.717) is 17.9 Å². The van der Waals surface area contributed by atoms with Crippen LogP contribution in [0.3, 0.4) is 0 Å². The molecule has 1 saturated heterocycles. The van der Waals surface area contributed by atoms with E-state index in [4.69, 9.17) is 10.00 Å². The number of benzene rings is 1. The molecule has 0 aromatic heterocycles. The van der Waals surface area contributed by atoms with Crippen LogP contribution in [-0.2, 0) is 11.3 Å². The molecule has 0 bridgehead atoms. The molecule has 0 spiro atoms. The molecule has 19 heavy (non-hydrogen) atoms. The van der Waals surface area contributed by atoms with Crippen LogP contribution in [0, 0.1) is 11.3 Å². The van der Waals surface area contributed by atoms with Gasteiger partial charge in [-0.2, -0.15) is 5.26 Å². The second kappa shape index (κ2) is 6.21. The Labute approximate surface area is 112 Å². The Kier molecular flexibility index (Phi) is 4.37. The molecule has 5 heteroatoms. The first-order valence-corrected chi connectivity index (χ1v) is 6.32. The first kappa shape index (κ1) is 13.4. The third-order valence-corrected chi connectivity index (χ3v) is 3.25. The van der Waals surface area contributed by atoms with E-state index in [2.05, 4.69) is 16.7 Å². The molecule has 1 amide bonds. The van der Waals surface area contributed by atoms with Crippen molar-refractivity contribution < 1.29 is 9.53 Å². The van der Waals surface area contributed by atoms with Crippen molar-refractivity contribution in [2.45, 2.75) is 25.4 Å². The van der Waals surface area contributed by atoms with Gasteiger partial charge >= 0.3 is 0 Å². The van der Waals surface area contributed by atoms with Crippen LogP contribution in [0.25, 0.3) is 0 Å². The van der Waals surface area contributed by atoms with Crippen LogP contribution in [0.1, 0.15) is 24.0 Å². The highest BCUT2D eigenvalue weighted by molar-refractivity contribution is 5.82. The zero-order valence-electron chi connectivity index (χ0n) is 10.9. The Hall–Kier alpha value is -2.06. The Morgan fingerprint density at radius 3 is 3.11 bits per heavy atom. The summed E-state index contributed by atoms with van der Waals surface area (Å²) in [6, 6.07) is 7.18. The molecule has 0 unspecified atom stereocenters. The van der Waals surface area contributed by atoms with Crippen molar-refractivity contribution in [2.75, 3.05) is 13.7 Å². The summed E-state index contributed by atoms with van der Waals surface area (Å²) in [6.45, 7) is 1.31. The standard InChI is InChI=1S/C14H17N3O2/c1-19-13-7-10(8-15)4-5-11(13)9-17-14(18)12-3-2-6-16-12/h4-5,7,12,16H,2-3,6,9H2,1H3,(H,17,18)/t12-/m0/s1. The molecule has 0 radical (unpaired) electrons. The molecule has 1 aromatic carbocycles. The Morgan fingerprint density at radius 2 is 2.47 bits per heavy atom. The van der Waals surface area contributed by atoms with E-state index in [1.807, 2.05) is 0 Å². The topological polar surface area (TPSA) is 74.1 Å². The lowest BCUT2D eigenvalue weighted by molar-refractivity contribution is -0.122. The van der Waals surface area contributed by atoms with E-state index in [1.54, 1.807) is 25.3 Å². The van der Waals surface area contributed by atoms with E-state index in [-0.39, 0.29) is 11.9 Å². The second-order valence-electron chi connectivity index (χ2n) is 4.51. The lowest BCUT2D eigenvalue weighted by atomic mass is 10.1. The summed E-state index contributed by atoms with van der Waals surface area (Å²) in [6.07, 6.45) is 1.93. The smallest absolute Gasteiger partial charge is 0.237 e. The van der Waals surface area contributed by atoms with E-state index >= 15 is 0 Å². The van der Waals surface area contributed by atoms with Crippen LogP contribution in [0.4, 0.5) is 0 Å². The molecule has 1 heterocycles. The monoisotopic (exact) mass is 259 g/mol. The Balaban J connectivity index is 1.99. The SMILES string of the molecule is COc1cc(C#N)ccc1CNC(=O)[C@@H]1CCCN1. The van der Waals surface area contributed by atoms with Crippen molar-refractivity contribution in [1.82, 2.24) is 10.6 Å². The molecule has 2 N–H and O–H groups in total. The van der Waals surface area contributed by atoms with E-state index in [9.17, 15) is 4.79 Å². The number of carbonyl (C=O) groups excluding carboxylic acids is 1. The van der Waals surface area contributed by atoms with Crippen LogP contribution < -0.4 is 15.4 Å². The van der Waals surface area contributed by atoms with Gasteiger partial charge in [0.15, 0.2) is 0 Å². The molecule has 1 aliphatic rings. The zero-order valence-corrected chi connectivity index (χ0v) is 10.9. The number of rotatable bonds is 4. The lowest BCUT2D eigenvalue weighted by Crippen LogP contribution is -2.40. The Morgan fingerprint density at radius 1 is 1.63 bits per heavy atom. The highest BCUT2D eigenvalue weighted by Gasteiger charge is 2.21. The van der Waals surface area contributed by atoms with Crippen molar-refractivity contribution in [1.29, 1.82) is 5.26 Å². The van der Waals surface area contributed by atoms with Crippen molar-refractivity contribution >= 4 is 5.91 Å². The fourth-order valence-corrected chi connectivity index (χ4v) is 2.17. The summed E-state index contributed by atoms with van der Waals surface area (Å²) < 4.78 is 5.23. The van der Waals surface area contributed by atoms with Crippen molar-refractivity contribution in [3.8, 4) is 11.8 Å². The molecule has 0 saturated carbocycles. The second-order valence-corrected chi connectivity index (χ2v) is 4.51. The van der Waals surface area contributed by atoms with Gasteiger partial charge in [-0.15, -0.1) is 0 Å². The van der Waals surface area contributed by atoms with Gasteiger partial charge in [0.2, 0.25) is 5.91 Å². The molecule has 5 nitrogen and oxygen atoms in total. The van der Waals surface area contributed by atoms with Crippen molar-refractivity contribution in [2.24, 2.45) is 0 Å². The van der Waals surface area contributed by atoms with Crippen LogP contribution >= 0.6 is 0 Å². The number of ether oxygens (including phenoxy) is 1. The number of hydrogen-bond donors (Lipinski definition) is 2. The molecule has 1 atom stereocenters. The van der Waals surface area contributed by atoms with Gasteiger partial charge in [0.1, 0.15) is 5.75 Å². The molecule has 1 aromatic rings. The van der Waals surface area contributed by atoms with Gasteiger partial charge in [-0.1, -0.05) is 6.07 Å². The maximum absolute atomic E-state index is 11.9. The lowest BCUT2D eigenvalue weighted by Gasteiger charge is -2.13. The number of methoxy groups -OCH3 is 1. The first-order valence-electron chi connectivity index (χ1n) is 6.32. The average molecular weight is 259 g/mol. The fraction of sp³-hybridized carbons (Fsp3) is 0.429. The Bertz CT molecular complexity index is 502. The first-order chi connectivity index (χ1) is 9.24. The number of amides is 1. The summed E-state index contributed by atoms with van der Waals surface area (Å²) in [4.78, 5) is 11.9. The third kappa shape index (κ3) is 3.24. The molecular formula is C14H17N3O2. The van der Waals surface area contributed by atoms with Crippen LogP contribution in [0.2, 0.25) is 0 Å².